The van der Waals surface area contributed by atoms with Crippen molar-refractivity contribution in [3.05, 3.63) is 72.6 Å². The molecule has 17 heteroatoms. The Bertz CT molecular complexity index is 2300. The van der Waals surface area contributed by atoms with Gasteiger partial charge in [-0.05, 0) is 18.1 Å². The van der Waals surface area contributed by atoms with Gasteiger partial charge in [-0.15, -0.1) is 0 Å². The van der Waals surface area contributed by atoms with Crippen molar-refractivity contribution in [2.45, 2.75) is 129 Å². The Labute approximate surface area is 373 Å². The number of nitrogens with zero attached hydrogens (tertiary/aromatic N) is 3. The zero-order valence-electron chi connectivity index (χ0n) is 35.8. The maximum absolute atomic E-state index is 14.6. The second-order valence-corrected chi connectivity index (χ2v) is 24.1. The number of carboxylic acid groups (broad SMARTS) is 1. The van der Waals surface area contributed by atoms with Crippen LogP contribution in [0.1, 0.15) is 96.7 Å². The fourth-order valence-electron chi connectivity index (χ4n) is 7.99. The average molecular weight is 986 g/mol. The van der Waals surface area contributed by atoms with Crippen LogP contribution >= 0.6 is 0 Å². The number of carbonyl (C=O) groups is 4. The molecule has 2 aliphatic heterocycles. The fourth-order valence-corrected chi connectivity index (χ4v) is 12.1. The Morgan fingerprint density at radius 3 is 2.45 bits per heavy atom. The number of hydrogen-bond acceptors (Lipinski definition) is 10. The van der Waals surface area contributed by atoms with Crippen LogP contribution in [-0.4, -0.2) is 95.8 Å². The van der Waals surface area contributed by atoms with Gasteiger partial charge in [0.15, 0.2) is 0 Å². The van der Waals surface area contributed by atoms with Crippen LogP contribution in [0.15, 0.2) is 61.3 Å². The number of hydrogen-bond donors (Lipinski definition) is 4. The van der Waals surface area contributed by atoms with E-state index in [0.29, 0.717) is 49.4 Å². The van der Waals surface area contributed by atoms with Gasteiger partial charge in [0, 0.05) is 18.3 Å². The summed E-state index contributed by atoms with van der Waals surface area (Å²) in [6.07, 6.45) is 9.92. The van der Waals surface area contributed by atoms with E-state index in [9.17, 15) is 32.7 Å². The molecule has 15 nitrogen and oxygen atoms in total. The molecule has 4 N–H and O–H groups in total. The quantitative estimate of drug-likeness (QED) is 0.0425. The minimum atomic E-state index is -4.01. The molecule has 62 heavy (non-hydrogen) atoms. The van der Waals surface area contributed by atoms with E-state index in [2.05, 4.69) is 26.9 Å². The molecule has 1 aromatic carbocycles. The van der Waals surface area contributed by atoms with E-state index >= 15 is 0 Å². The molecule has 3 aromatic rings. The molecule has 2 saturated carbocycles. The molecule has 0 bridgehead atoms. The van der Waals surface area contributed by atoms with Gasteiger partial charge in [0.2, 0.25) is 0 Å². The molecule has 4 amide bonds. The number of pyridine rings is 2. The van der Waals surface area contributed by atoms with Gasteiger partial charge >= 0.3 is 297 Å². The molecule has 2 aliphatic carbocycles. The van der Waals surface area contributed by atoms with E-state index in [1.54, 1.807) is 40.0 Å². The van der Waals surface area contributed by atoms with Crippen molar-refractivity contribution in [2.24, 2.45) is 11.3 Å². The van der Waals surface area contributed by atoms with Gasteiger partial charge in [-0.2, -0.15) is 0 Å². The zero-order valence-corrected chi connectivity index (χ0v) is 38.8. The summed E-state index contributed by atoms with van der Waals surface area (Å²) in [6, 6.07) is 11.0. The van der Waals surface area contributed by atoms with Crippen LogP contribution in [0.2, 0.25) is 0 Å². The Hall–Kier alpha value is -4.52. The number of halogens is 1. The molecule has 0 spiro atoms. The first-order chi connectivity index (χ1) is 29.4. The first-order valence-corrected chi connectivity index (χ1v) is 25.3. The van der Waals surface area contributed by atoms with Crippen LogP contribution < -0.4 is 46.0 Å². The van der Waals surface area contributed by atoms with E-state index in [4.69, 9.17) is 14.5 Å². The Morgan fingerprint density at radius 1 is 1.06 bits per heavy atom. The summed E-state index contributed by atoms with van der Waals surface area (Å²) in [5, 5.41) is 15.8. The second-order valence-electron chi connectivity index (χ2n) is 18.3. The Morgan fingerprint density at radius 2 is 1.81 bits per heavy atom. The van der Waals surface area contributed by atoms with Crippen molar-refractivity contribution in [1.29, 1.82) is 0 Å². The van der Waals surface area contributed by atoms with Crippen LogP contribution in [0.3, 0.4) is 0 Å². The molecule has 1 unspecified atom stereocenters. The number of ether oxygens (including phenoxy) is 2. The van der Waals surface area contributed by atoms with Crippen LogP contribution in [0.4, 0.5) is 4.79 Å². The van der Waals surface area contributed by atoms with E-state index < -0.39 is 90.9 Å². The normalized spacial score (nSPS) is 23.4. The molecular weight excluding hydrogens is 927 g/mol. The number of carbonyl (C=O) groups excluding carboxylic acids is 3. The van der Waals surface area contributed by atoms with Gasteiger partial charge in [-0.3, -0.25) is 4.98 Å². The van der Waals surface area contributed by atoms with Gasteiger partial charge in [-0.1, -0.05) is 37.8 Å². The van der Waals surface area contributed by atoms with Crippen LogP contribution in [0.5, 0.6) is 11.6 Å². The van der Waals surface area contributed by atoms with Crippen molar-refractivity contribution >= 4 is 44.7 Å². The van der Waals surface area contributed by atoms with Gasteiger partial charge in [-0.25, -0.2) is 0 Å². The number of amides is 4. The molecule has 336 valence electrons. The average Bonchev–Trinajstić information content (AvgIpc) is 4.18. The SMILES string of the molecule is C=C[C@@H]1[I-][C@]1(NC(=O)[C@@H]1CC(Oc2nc3ccccc3c(OCCc3ccccn3)c2CCCCCC2CC2)CN1C(=O)[C@@H](NC(=O)O)C(C)(C)C)C(=O)NS(=O)(=O)C1(C)CC1. The van der Waals surface area contributed by atoms with Crippen LogP contribution in [-0.2, 0) is 37.2 Å². The fraction of sp³-hybridized carbons (Fsp3) is 0.556. The van der Waals surface area contributed by atoms with E-state index in [1.807, 2.05) is 42.5 Å². The number of para-hydroxylation sites is 1. The van der Waals surface area contributed by atoms with Crippen molar-refractivity contribution in [3.8, 4) is 11.6 Å². The molecule has 4 fully saturated rings. The van der Waals surface area contributed by atoms with Crippen molar-refractivity contribution in [1.82, 2.24) is 30.2 Å². The zero-order chi connectivity index (χ0) is 44.5. The number of nitrogens with one attached hydrogen (secondary N) is 3. The number of benzene rings is 1. The van der Waals surface area contributed by atoms with Crippen molar-refractivity contribution < 1.29 is 63.4 Å². The third-order valence-corrected chi connectivity index (χ3v) is 18.3. The molecule has 0 radical (unpaired) electrons. The number of rotatable bonds is 20. The summed E-state index contributed by atoms with van der Waals surface area (Å²) < 4.78 is 38.9. The second kappa shape index (κ2) is 18.3. The summed E-state index contributed by atoms with van der Waals surface area (Å²) in [5.74, 6) is -0.334. The van der Waals surface area contributed by atoms with Gasteiger partial charge in [0.25, 0.3) is 0 Å². The minimum absolute atomic E-state index is 0.0160. The number of alkyl halides is 2. The Balaban J connectivity index is 1.19. The summed E-state index contributed by atoms with van der Waals surface area (Å²) in [7, 11) is -4.01. The van der Waals surface area contributed by atoms with Crippen LogP contribution in [0.25, 0.3) is 10.9 Å². The molecular formula is C45H58IN6O9S-. The molecule has 2 saturated heterocycles. The third kappa shape index (κ3) is 10.3. The molecule has 2 aromatic heterocycles. The number of likely N-dealkylation sites (tertiary alicyclic amines) is 1. The monoisotopic (exact) mass is 985 g/mol. The predicted molar refractivity (Wildman–Crippen MR) is 229 cm³/mol. The number of fused-ring (bicyclic) bond motifs is 1. The van der Waals surface area contributed by atoms with Gasteiger partial charge in [0.05, 0.1) is 0 Å². The molecule has 7 rings (SSSR count). The summed E-state index contributed by atoms with van der Waals surface area (Å²) >= 11 is -1.10. The first kappa shape index (κ1) is 45.5. The topological polar surface area (TPSA) is 206 Å². The molecule has 5 atom stereocenters. The summed E-state index contributed by atoms with van der Waals surface area (Å²) in [4.78, 5) is 65.6. The van der Waals surface area contributed by atoms with Gasteiger partial charge < -0.3 is 0 Å². The van der Waals surface area contributed by atoms with E-state index in [1.165, 1.54) is 24.2 Å². The predicted octanol–water partition coefficient (Wildman–Crippen LogP) is 2.26. The Kier molecular flexibility index (Phi) is 13.4. The van der Waals surface area contributed by atoms with E-state index in [-0.39, 0.29) is 13.0 Å². The molecule has 4 heterocycles. The summed E-state index contributed by atoms with van der Waals surface area (Å²) in [6.45, 7) is 10.8. The number of aromatic nitrogens is 2. The standard InChI is InChI=1S/C45H58IN6O9S/c1-6-35-45(46-35,41(55)51-62(58,59)44(5)22-23-44)50-38(53)34-26-30(27-52(34)40(54)37(43(2,3)4)49-42(56)57)61-39-32(17-9-7-8-14-28-19-20-28)36(31-16-10-11-18-33(31)48-39)60-25-21-29-15-12-13-24-47-29/h6,10-13,15-16,18,24,28,30,34-35,37,49H,1,7-9,14,17,19-23,25-27H2,2-5H3,(H,50,53)(H,51,55)(H,56,57)/q-1/t30?,34-,35-,37+,45+/m0/s1. The summed E-state index contributed by atoms with van der Waals surface area (Å²) in [5.41, 5.74) is 1.41. The maximum atomic E-state index is 14.6. The first-order valence-electron chi connectivity index (χ1n) is 21.5. The molecule has 4 aliphatic rings. The van der Waals surface area contributed by atoms with Gasteiger partial charge in [0.1, 0.15) is 0 Å². The van der Waals surface area contributed by atoms with Crippen LogP contribution in [0, 0.1) is 11.3 Å². The van der Waals surface area contributed by atoms with Crippen molar-refractivity contribution in [3.63, 3.8) is 0 Å². The van der Waals surface area contributed by atoms with Crippen molar-refractivity contribution in [2.75, 3.05) is 13.2 Å². The van der Waals surface area contributed by atoms with E-state index in [0.717, 1.165) is 41.8 Å². The number of sulfonamides is 1. The third-order valence-electron chi connectivity index (χ3n) is 12.3. The number of unbranched alkanes of at least 4 members (excludes halogenated alkanes) is 2.